The maximum Gasteiger partial charge on any atom is 0.276 e. The Morgan fingerprint density at radius 2 is 2.30 bits per heavy atom. The van der Waals surface area contributed by atoms with Crippen LogP contribution in [0.4, 0.5) is 0 Å². The number of hydrogen-bond donors (Lipinski definition) is 0. The van der Waals surface area contributed by atoms with Gasteiger partial charge in [0.2, 0.25) is 0 Å². The molecule has 0 bridgehead atoms. The zero-order valence-corrected chi connectivity index (χ0v) is 11.5. The van der Waals surface area contributed by atoms with Gasteiger partial charge < -0.3 is 14.2 Å². The smallest absolute Gasteiger partial charge is 0.276 e. The summed E-state index contributed by atoms with van der Waals surface area (Å²) in [6, 6.07) is 1.77. The van der Waals surface area contributed by atoms with E-state index < -0.39 is 0 Å². The highest BCUT2D eigenvalue weighted by molar-refractivity contribution is 7.11. The first-order valence-electron chi connectivity index (χ1n) is 6.61. The van der Waals surface area contributed by atoms with Gasteiger partial charge in [-0.15, -0.1) is 0 Å². The van der Waals surface area contributed by atoms with Crippen LogP contribution in [-0.2, 0) is 0 Å². The van der Waals surface area contributed by atoms with Crippen molar-refractivity contribution in [3.05, 3.63) is 29.1 Å². The minimum absolute atomic E-state index is 0.0277. The molecule has 0 N–H and O–H groups in total. The first kappa shape index (κ1) is 11.9. The number of carbonyl (C=O) groups is 1. The van der Waals surface area contributed by atoms with Crippen LogP contribution in [0.25, 0.3) is 0 Å². The van der Waals surface area contributed by atoms with Gasteiger partial charge in [-0.2, -0.15) is 0 Å². The molecule has 7 heteroatoms. The minimum Gasteiger partial charge on any atom is -0.463 e. The van der Waals surface area contributed by atoms with Crippen LogP contribution in [0.5, 0.6) is 5.19 Å². The number of ether oxygens (including phenoxy) is 1. The van der Waals surface area contributed by atoms with Crippen LogP contribution >= 0.6 is 11.3 Å². The fourth-order valence-electron chi connectivity index (χ4n) is 2.20. The fourth-order valence-corrected chi connectivity index (χ4v) is 2.75. The molecular formula is C13H13N3O3S. The second kappa shape index (κ2) is 4.59. The average molecular weight is 291 g/mol. The molecule has 1 aliphatic heterocycles. The van der Waals surface area contributed by atoms with Gasteiger partial charge >= 0.3 is 0 Å². The number of aromatic nitrogens is 2. The van der Waals surface area contributed by atoms with Crippen molar-refractivity contribution in [2.24, 2.45) is 0 Å². The standard InChI is InChI=1S/C13H13N3O3S/c17-12(10-5-11(19-15-10)8-1-2-8)16-6-9(7-16)18-13-14-3-4-20-13/h3-5,8-9H,1-2,6-7H2. The number of carbonyl (C=O) groups excluding carboxylic acids is 1. The van der Waals surface area contributed by atoms with Crippen LogP contribution in [0.2, 0.25) is 0 Å². The van der Waals surface area contributed by atoms with E-state index in [2.05, 4.69) is 10.1 Å². The highest BCUT2D eigenvalue weighted by atomic mass is 32.1. The second-order valence-corrected chi connectivity index (χ2v) is 5.99. The molecule has 1 aliphatic carbocycles. The summed E-state index contributed by atoms with van der Waals surface area (Å²) in [5.41, 5.74) is 0.402. The van der Waals surface area contributed by atoms with Crippen LogP contribution in [0.15, 0.2) is 22.2 Å². The molecular weight excluding hydrogens is 278 g/mol. The third-order valence-corrected chi connectivity index (χ3v) is 4.20. The van der Waals surface area contributed by atoms with Crippen LogP contribution in [0.1, 0.15) is 35.0 Å². The van der Waals surface area contributed by atoms with Crippen molar-refractivity contribution in [1.29, 1.82) is 0 Å². The van der Waals surface area contributed by atoms with Crippen LogP contribution in [-0.4, -0.2) is 40.1 Å². The zero-order valence-electron chi connectivity index (χ0n) is 10.7. The van der Waals surface area contributed by atoms with E-state index in [-0.39, 0.29) is 12.0 Å². The van der Waals surface area contributed by atoms with Gasteiger partial charge in [0.15, 0.2) is 5.69 Å². The van der Waals surface area contributed by atoms with Crippen molar-refractivity contribution in [2.45, 2.75) is 24.9 Å². The van der Waals surface area contributed by atoms with E-state index >= 15 is 0 Å². The Labute approximate surface area is 119 Å². The molecule has 2 aromatic heterocycles. The van der Waals surface area contributed by atoms with E-state index in [0.29, 0.717) is 29.9 Å². The Bertz CT molecular complexity index is 615. The Balaban J connectivity index is 1.34. The highest BCUT2D eigenvalue weighted by Gasteiger charge is 2.36. The molecule has 1 amide bonds. The van der Waals surface area contributed by atoms with Crippen molar-refractivity contribution < 1.29 is 14.1 Å². The number of rotatable bonds is 4. The Kier molecular flexibility index (Phi) is 2.73. The number of thiazole rings is 1. The molecule has 20 heavy (non-hydrogen) atoms. The molecule has 0 radical (unpaired) electrons. The fraction of sp³-hybridized carbons (Fsp3) is 0.462. The monoisotopic (exact) mass is 291 g/mol. The third kappa shape index (κ3) is 2.18. The van der Waals surface area contributed by atoms with Gasteiger partial charge in [-0.3, -0.25) is 4.79 Å². The third-order valence-electron chi connectivity index (χ3n) is 3.54. The largest absolute Gasteiger partial charge is 0.463 e. The van der Waals surface area contributed by atoms with Crippen molar-refractivity contribution in [2.75, 3.05) is 13.1 Å². The Morgan fingerprint density at radius 3 is 3.00 bits per heavy atom. The summed E-state index contributed by atoms with van der Waals surface area (Å²) in [6.45, 7) is 1.15. The van der Waals surface area contributed by atoms with Crippen LogP contribution in [0, 0.1) is 0 Å². The lowest BCUT2D eigenvalue weighted by molar-refractivity contribution is 0.0169. The minimum atomic E-state index is -0.0837. The normalized spacial score (nSPS) is 18.9. The number of nitrogens with zero attached hydrogens (tertiary/aromatic N) is 3. The first-order chi connectivity index (χ1) is 9.79. The molecule has 0 unspecified atom stereocenters. The van der Waals surface area contributed by atoms with Gasteiger partial charge in [-0.05, 0) is 12.8 Å². The summed E-state index contributed by atoms with van der Waals surface area (Å²) in [6.07, 6.45) is 4.00. The molecule has 4 rings (SSSR count). The SMILES string of the molecule is O=C(c1cc(C2CC2)on1)N1CC(Oc2nccs2)C1. The van der Waals surface area contributed by atoms with Gasteiger partial charge in [0.25, 0.3) is 11.1 Å². The van der Waals surface area contributed by atoms with E-state index in [1.54, 1.807) is 17.2 Å². The summed E-state index contributed by atoms with van der Waals surface area (Å²) in [5.74, 6) is 1.23. The van der Waals surface area contributed by atoms with Crippen molar-refractivity contribution in [3.8, 4) is 5.19 Å². The molecule has 2 aromatic rings. The predicted octanol–water partition coefficient (Wildman–Crippen LogP) is 1.91. The lowest BCUT2D eigenvalue weighted by Crippen LogP contribution is -2.56. The molecule has 2 fully saturated rings. The molecule has 2 aliphatic rings. The van der Waals surface area contributed by atoms with E-state index in [1.807, 2.05) is 5.38 Å². The summed E-state index contributed by atoms with van der Waals surface area (Å²) in [5, 5.41) is 6.38. The van der Waals surface area contributed by atoms with Crippen molar-refractivity contribution >= 4 is 17.2 Å². The van der Waals surface area contributed by atoms with Gasteiger partial charge in [0.1, 0.15) is 11.9 Å². The molecule has 3 heterocycles. The highest BCUT2D eigenvalue weighted by Crippen LogP contribution is 2.40. The van der Waals surface area contributed by atoms with E-state index in [4.69, 9.17) is 9.26 Å². The molecule has 1 saturated heterocycles. The number of hydrogen-bond acceptors (Lipinski definition) is 6. The Hall–Kier alpha value is -1.89. The summed E-state index contributed by atoms with van der Waals surface area (Å²) in [4.78, 5) is 17.9. The second-order valence-electron chi connectivity index (χ2n) is 5.14. The lowest BCUT2D eigenvalue weighted by atomic mass is 10.1. The molecule has 1 saturated carbocycles. The van der Waals surface area contributed by atoms with Gasteiger partial charge in [-0.25, -0.2) is 4.98 Å². The van der Waals surface area contributed by atoms with Gasteiger partial charge in [-0.1, -0.05) is 16.5 Å². The quantitative estimate of drug-likeness (QED) is 0.860. The van der Waals surface area contributed by atoms with E-state index in [9.17, 15) is 4.79 Å². The van der Waals surface area contributed by atoms with Gasteiger partial charge in [0.05, 0.1) is 13.1 Å². The predicted molar refractivity (Wildman–Crippen MR) is 70.9 cm³/mol. The molecule has 0 aromatic carbocycles. The topological polar surface area (TPSA) is 68.5 Å². The van der Waals surface area contributed by atoms with E-state index in [1.165, 1.54) is 11.3 Å². The molecule has 0 spiro atoms. The first-order valence-corrected chi connectivity index (χ1v) is 7.49. The van der Waals surface area contributed by atoms with E-state index in [0.717, 1.165) is 18.6 Å². The van der Waals surface area contributed by atoms with Crippen LogP contribution in [0.3, 0.4) is 0 Å². The summed E-state index contributed by atoms with van der Waals surface area (Å²) >= 11 is 1.46. The lowest BCUT2D eigenvalue weighted by Gasteiger charge is -2.37. The summed E-state index contributed by atoms with van der Waals surface area (Å²) < 4.78 is 10.8. The molecule has 6 nitrogen and oxygen atoms in total. The maximum atomic E-state index is 12.2. The zero-order chi connectivity index (χ0) is 13.5. The molecule has 0 atom stereocenters. The van der Waals surface area contributed by atoms with Gasteiger partial charge in [0, 0.05) is 23.6 Å². The maximum absolute atomic E-state index is 12.2. The number of amides is 1. The molecule has 104 valence electrons. The van der Waals surface area contributed by atoms with Crippen molar-refractivity contribution in [1.82, 2.24) is 15.0 Å². The Morgan fingerprint density at radius 1 is 1.45 bits per heavy atom. The van der Waals surface area contributed by atoms with Crippen molar-refractivity contribution in [3.63, 3.8) is 0 Å². The summed E-state index contributed by atoms with van der Waals surface area (Å²) in [7, 11) is 0. The number of likely N-dealkylation sites (tertiary alicyclic amines) is 1. The average Bonchev–Trinajstić information content (AvgIpc) is 2.93. The van der Waals surface area contributed by atoms with Crippen LogP contribution < -0.4 is 4.74 Å².